The molecule has 0 N–H and O–H groups in total. The van der Waals surface area contributed by atoms with Crippen molar-refractivity contribution in [2.45, 2.75) is 19.3 Å². The molecule has 1 heterocycles. The van der Waals surface area contributed by atoms with E-state index < -0.39 is 0 Å². The molecule has 0 aliphatic carbocycles. The van der Waals surface area contributed by atoms with Crippen LogP contribution in [0, 0.1) is 0 Å². The molecule has 1 aliphatic heterocycles. The number of ether oxygens (including phenoxy) is 2. The van der Waals surface area contributed by atoms with Gasteiger partial charge in [0.15, 0.2) is 6.29 Å². The van der Waals surface area contributed by atoms with Crippen LogP contribution in [0.15, 0.2) is 0 Å². The minimum absolute atomic E-state index is 0. The van der Waals surface area contributed by atoms with Gasteiger partial charge in [0.1, 0.15) is 12.6 Å². The van der Waals surface area contributed by atoms with Crippen molar-refractivity contribution in [3.05, 3.63) is 0 Å². The summed E-state index contributed by atoms with van der Waals surface area (Å²) in [6.45, 7) is 3.71. The monoisotopic (exact) mass is 195 g/mol. The Kier molecular flexibility index (Phi) is 4.48. The minimum Gasteiger partial charge on any atom is -1.00 e. The van der Waals surface area contributed by atoms with Crippen molar-refractivity contribution in [2.75, 3.05) is 34.3 Å². The summed E-state index contributed by atoms with van der Waals surface area (Å²) in [6, 6.07) is 0. The van der Waals surface area contributed by atoms with Gasteiger partial charge in [-0.3, -0.25) is 0 Å². The average molecular weight is 196 g/mol. The third-order valence-electron chi connectivity index (χ3n) is 1.65. The second-order valence-corrected chi connectivity index (χ2v) is 4.13. The van der Waals surface area contributed by atoms with Gasteiger partial charge in [-0.05, 0) is 6.92 Å². The van der Waals surface area contributed by atoms with Crippen molar-refractivity contribution in [2.24, 2.45) is 0 Å². The van der Waals surface area contributed by atoms with E-state index in [0.29, 0.717) is 0 Å². The predicted octanol–water partition coefficient (Wildman–Crippen LogP) is -2.54. The molecular weight excluding hydrogens is 178 g/mol. The molecule has 0 radical (unpaired) electrons. The number of halogens is 1. The van der Waals surface area contributed by atoms with Gasteiger partial charge in [-0.2, -0.15) is 0 Å². The number of hydrogen-bond acceptors (Lipinski definition) is 2. The lowest BCUT2D eigenvalue weighted by Crippen LogP contribution is -3.00. The van der Waals surface area contributed by atoms with Crippen LogP contribution in [0.25, 0.3) is 0 Å². The van der Waals surface area contributed by atoms with Crippen molar-refractivity contribution in [1.29, 1.82) is 0 Å². The smallest absolute Gasteiger partial charge is 0.155 e. The first-order chi connectivity index (χ1) is 4.97. The molecule has 74 valence electrons. The number of likely N-dealkylation sites (N-methyl/N-ethyl adjacent to an activating group) is 1. The van der Waals surface area contributed by atoms with E-state index in [1.165, 1.54) is 0 Å². The fraction of sp³-hybridized carbons (Fsp3) is 1.00. The molecule has 1 saturated heterocycles. The van der Waals surface area contributed by atoms with Crippen LogP contribution in [0.5, 0.6) is 0 Å². The highest BCUT2D eigenvalue weighted by atomic mass is 35.5. The molecule has 0 aromatic carbocycles. The lowest BCUT2D eigenvalue weighted by Gasteiger charge is -2.26. The van der Waals surface area contributed by atoms with Crippen LogP contribution >= 0.6 is 0 Å². The molecule has 12 heavy (non-hydrogen) atoms. The largest absolute Gasteiger partial charge is 1.00 e. The quantitative estimate of drug-likeness (QED) is 0.452. The second kappa shape index (κ2) is 4.42. The van der Waals surface area contributed by atoms with Crippen LogP contribution in [0.3, 0.4) is 0 Å². The Morgan fingerprint density at radius 3 is 2.25 bits per heavy atom. The van der Waals surface area contributed by atoms with Gasteiger partial charge in [0.2, 0.25) is 0 Å². The average Bonchev–Trinajstić information content (AvgIpc) is 2.10. The highest BCUT2D eigenvalue weighted by molar-refractivity contribution is 4.61. The third kappa shape index (κ3) is 4.26. The Labute approximate surface area is 80.6 Å². The highest BCUT2D eigenvalue weighted by Gasteiger charge is 2.27. The van der Waals surface area contributed by atoms with Gasteiger partial charge in [-0.1, -0.05) is 0 Å². The van der Waals surface area contributed by atoms with E-state index in [9.17, 15) is 0 Å². The van der Waals surface area contributed by atoms with Crippen LogP contribution in [0.1, 0.15) is 6.92 Å². The fourth-order valence-corrected chi connectivity index (χ4v) is 1.30. The van der Waals surface area contributed by atoms with Crippen LogP contribution in [0.2, 0.25) is 0 Å². The maximum atomic E-state index is 5.50. The van der Waals surface area contributed by atoms with E-state index in [4.69, 9.17) is 9.47 Å². The van der Waals surface area contributed by atoms with Gasteiger partial charge in [-0.25, -0.2) is 0 Å². The zero-order valence-electron chi connectivity index (χ0n) is 8.21. The third-order valence-corrected chi connectivity index (χ3v) is 1.65. The molecular formula is C8H18ClNO2. The summed E-state index contributed by atoms with van der Waals surface area (Å²) in [4.78, 5) is 0. The van der Waals surface area contributed by atoms with E-state index in [1.54, 1.807) is 0 Å². The van der Waals surface area contributed by atoms with E-state index >= 15 is 0 Å². The molecule has 3 nitrogen and oxygen atoms in total. The van der Waals surface area contributed by atoms with E-state index in [0.717, 1.165) is 17.6 Å². The first kappa shape index (κ1) is 12.2. The lowest BCUT2D eigenvalue weighted by atomic mass is 10.3. The van der Waals surface area contributed by atoms with E-state index in [1.807, 2.05) is 6.92 Å². The summed E-state index contributed by atoms with van der Waals surface area (Å²) in [5, 5.41) is 0. The van der Waals surface area contributed by atoms with E-state index in [2.05, 4.69) is 21.1 Å². The summed E-state index contributed by atoms with van der Waals surface area (Å²) in [5.41, 5.74) is 0. The van der Waals surface area contributed by atoms with Crippen molar-refractivity contribution >= 4 is 0 Å². The van der Waals surface area contributed by atoms with Crippen LogP contribution in [-0.2, 0) is 9.47 Å². The molecule has 1 aliphatic rings. The molecule has 0 aromatic rings. The van der Waals surface area contributed by atoms with Crippen molar-refractivity contribution in [3.8, 4) is 0 Å². The number of rotatable bonds is 2. The fourth-order valence-electron chi connectivity index (χ4n) is 1.30. The zero-order chi connectivity index (χ0) is 8.48. The number of quaternary nitrogens is 1. The van der Waals surface area contributed by atoms with Crippen LogP contribution < -0.4 is 12.4 Å². The van der Waals surface area contributed by atoms with Gasteiger partial charge < -0.3 is 26.4 Å². The summed E-state index contributed by atoms with van der Waals surface area (Å²) < 4.78 is 11.7. The van der Waals surface area contributed by atoms with Crippen molar-refractivity contribution in [1.82, 2.24) is 0 Å². The Bertz CT molecular complexity index is 136. The molecule has 0 spiro atoms. The molecule has 2 atom stereocenters. The second-order valence-electron chi connectivity index (χ2n) is 4.13. The summed E-state index contributed by atoms with van der Waals surface area (Å²) in [6.07, 6.45) is 0.275. The van der Waals surface area contributed by atoms with Gasteiger partial charge in [0.25, 0.3) is 0 Å². The number of hydrogen-bond donors (Lipinski definition) is 0. The lowest BCUT2D eigenvalue weighted by molar-refractivity contribution is -0.873. The predicted molar refractivity (Wildman–Crippen MR) is 43.2 cm³/mol. The molecule has 0 aromatic heterocycles. The molecule has 0 bridgehead atoms. The zero-order valence-corrected chi connectivity index (χ0v) is 8.97. The highest BCUT2D eigenvalue weighted by Crippen LogP contribution is 2.12. The molecule has 2 unspecified atom stereocenters. The Balaban J connectivity index is 0.00000121. The SMILES string of the molecule is CC1OCC(C[N+](C)(C)C)O1.[Cl-]. The Hall–Kier alpha value is 0.170. The maximum absolute atomic E-state index is 5.50. The van der Waals surface area contributed by atoms with E-state index in [-0.39, 0.29) is 24.8 Å². The standard InChI is InChI=1S/C8H18NO2.ClH/c1-7-10-6-8(11-7)5-9(2,3)4;/h7-8H,5-6H2,1-4H3;1H/q+1;/p-1. The maximum Gasteiger partial charge on any atom is 0.155 e. The summed E-state index contributed by atoms with van der Waals surface area (Å²) in [7, 11) is 6.48. The normalized spacial score (nSPS) is 30.0. The van der Waals surface area contributed by atoms with Gasteiger partial charge in [0.05, 0.1) is 27.7 Å². The van der Waals surface area contributed by atoms with Crippen molar-refractivity contribution in [3.63, 3.8) is 0 Å². The van der Waals surface area contributed by atoms with Crippen LogP contribution in [0.4, 0.5) is 0 Å². The van der Waals surface area contributed by atoms with Crippen LogP contribution in [-0.4, -0.2) is 51.2 Å². The summed E-state index contributed by atoms with van der Waals surface area (Å²) in [5.74, 6) is 0. The summed E-state index contributed by atoms with van der Waals surface area (Å²) >= 11 is 0. The Morgan fingerprint density at radius 2 is 1.92 bits per heavy atom. The first-order valence-electron chi connectivity index (χ1n) is 4.05. The van der Waals surface area contributed by atoms with Gasteiger partial charge in [-0.15, -0.1) is 0 Å². The molecule has 1 rings (SSSR count). The molecule has 0 amide bonds. The van der Waals surface area contributed by atoms with Gasteiger partial charge in [0, 0.05) is 0 Å². The topological polar surface area (TPSA) is 18.5 Å². The van der Waals surface area contributed by atoms with Gasteiger partial charge >= 0.3 is 0 Å². The molecule has 0 saturated carbocycles. The first-order valence-corrected chi connectivity index (χ1v) is 4.05. The molecule has 1 fully saturated rings. The minimum atomic E-state index is -0.00782. The number of nitrogens with zero attached hydrogens (tertiary/aromatic N) is 1. The van der Waals surface area contributed by atoms with Crippen molar-refractivity contribution < 1.29 is 26.4 Å². The Morgan fingerprint density at radius 1 is 1.33 bits per heavy atom. The molecule has 4 heteroatoms.